The number of nitrogens with zero attached hydrogens (tertiary/aromatic N) is 5. The summed E-state index contributed by atoms with van der Waals surface area (Å²) in [6.07, 6.45) is 5.61. The highest BCUT2D eigenvalue weighted by atomic mass is 16.2. The average molecular weight is 411 g/mol. The summed E-state index contributed by atoms with van der Waals surface area (Å²) in [6.45, 7) is 6.79. The van der Waals surface area contributed by atoms with Crippen LogP contribution in [0.4, 0.5) is 5.82 Å². The van der Waals surface area contributed by atoms with Crippen LogP contribution in [0.2, 0.25) is 0 Å². The molecule has 31 heavy (non-hydrogen) atoms. The number of amides is 1. The Labute approximate surface area is 178 Å². The Hall–Kier alpha value is -4.12. The number of carbonyl (C=O) groups is 1. The number of imidazole rings is 1. The average Bonchev–Trinajstić information content (AvgIpc) is 3.47. The number of likely N-dealkylation sites (tertiary alicyclic amines) is 1. The van der Waals surface area contributed by atoms with E-state index in [9.17, 15) is 4.79 Å². The molecule has 3 aromatic heterocycles. The molecule has 0 aliphatic carbocycles. The number of rotatable bonds is 2. The van der Waals surface area contributed by atoms with Crippen molar-refractivity contribution in [2.24, 2.45) is 0 Å². The molecule has 8 nitrogen and oxygen atoms in total. The number of aromatic nitrogens is 5. The van der Waals surface area contributed by atoms with E-state index in [1.165, 1.54) is 12.4 Å². The first-order chi connectivity index (χ1) is 15.0. The molecule has 154 valence electrons. The summed E-state index contributed by atoms with van der Waals surface area (Å²) in [4.78, 5) is 30.1. The molecule has 0 saturated carbocycles. The van der Waals surface area contributed by atoms with Crippen LogP contribution < -0.4 is 5.73 Å². The number of H-pyrrole nitrogens is 1. The van der Waals surface area contributed by atoms with Crippen LogP contribution in [0.5, 0.6) is 0 Å². The lowest BCUT2D eigenvalue weighted by atomic mass is 10.1. The van der Waals surface area contributed by atoms with Gasteiger partial charge in [0.15, 0.2) is 0 Å². The number of nitrogens with two attached hydrogens (primary N) is 1. The van der Waals surface area contributed by atoms with Gasteiger partial charge in [0.05, 0.1) is 28.0 Å². The molecule has 1 aromatic carbocycles. The fourth-order valence-corrected chi connectivity index (χ4v) is 4.13. The van der Waals surface area contributed by atoms with E-state index in [2.05, 4.69) is 42.9 Å². The van der Waals surface area contributed by atoms with E-state index in [1.54, 1.807) is 4.90 Å². The lowest BCUT2D eigenvalue weighted by Crippen LogP contribution is -2.27. The molecule has 1 atom stereocenters. The van der Waals surface area contributed by atoms with E-state index in [0.717, 1.165) is 45.4 Å². The number of hydrogen-bond donors (Lipinski definition) is 2. The van der Waals surface area contributed by atoms with Crippen molar-refractivity contribution in [1.29, 1.82) is 0 Å². The van der Waals surface area contributed by atoms with Crippen molar-refractivity contribution >= 4 is 33.8 Å². The molecule has 1 fully saturated rings. The van der Waals surface area contributed by atoms with E-state index < -0.39 is 0 Å². The third kappa shape index (κ3) is 3.30. The molecule has 1 aliphatic rings. The van der Waals surface area contributed by atoms with Crippen molar-refractivity contribution in [3.8, 4) is 11.8 Å². The largest absolute Gasteiger partial charge is 0.383 e. The van der Waals surface area contributed by atoms with Gasteiger partial charge in [0.1, 0.15) is 23.6 Å². The van der Waals surface area contributed by atoms with Crippen LogP contribution in [0.1, 0.15) is 29.4 Å². The predicted molar refractivity (Wildman–Crippen MR) is 119 cm³/mol. The second-order valence-corrected chi connectivity index (χ2v) is 7.64. The van der Waals surface area contributed by atoms with Gasteiger partial charge in [0, 0.05) is 24.8 Å². The molecule has 4 aromatic rings. The van der Waals surface area contributed by atoms with Gasteiger partial charge in [0.2, 0.25) is 5.91 Å². The highest BCUT2D eigenvalue weighted by Gasteiger charge is 2.28. The molecular weight excluding hydrogens is 390 g/mol. The molecule has 4 heterocycles. The smallest absolute Gasteiger partial charge is 0.246 e. The van der Waals surface area contributed by atoms with Gasteiger partial charge >= 0.3 is 0 Å². The zero-order valence-corrected chi connectivity index (χ0v) is 17.1. The Balaban J connectivity index is 1.54. The van der Waals surface area contributed by atoms with E-state index in [4.69, 9.17) is 5.73 Å². The third-order valence-corrected chi connectivity index (χ3v) is 5.62. The summed E-state index contributed by atoms with van der Waals surface area (Å²) in [7, 11) is 0. The summed E-state index contributed by atoms with van der Waals surface area (Å²) in [6, 6.07) is 5.98. The monoisotopic (exact) mass is 411 g/mol. The number of carbonyl (C=O) groups excluding carboxylic acids is 1. The lowest BCUT2D eigenvalue weighted by Gasteiger charge is -2.15. The number of aromatic amines is 1. The topological polar surface area (TPSA) is 106 Å². The van der Waals surface area contributed by atoms with Gasteiger partial charge in [-0.25, -0.2) is 15.0 Å². The van der Waals surface area contributed by atoms with E-state index >= 15 is 0 Å². The number of fused-ring (bicyclic) bond motifs is 2. The number of nitrogens with one attached hydrogen (secondary N) is 1. The first-order valence-corrected chi connectivity index (χ1v) is 10.0. The van der Waals surface area contributed by atoms with Crippen LogP contribution >= 0.6 is 0 Å². The fourth-order valence-electron chi connectivity index (χ4n) is 4.13. The molecule has 3 N–H and O–H groups in total. The van der Waals surface area contributed by atoms with Crippen molar-refractivity contribution in [3.63, 3.8) is 0 Å². The zero-order chi connectivity index (χ0) is 21.5. The SMILES string of the molecule is C=CC(=O)N1CCC(n2cc(C#Cc3ccc4nc(C)[nH]c4c3)c3c(N)ncnc32)C1. The molecule has 1 saturated heterocycles. The van der Waals surface area contributed by atoms with E-state index in [-0.39, 0.29) is 11.9 Å². The van der Waals surface area contributed by atoms with Gasteiger partial charge in [-0.3, -0.25) is 4.79 Å². The molecule has 8 heteroatoms. The number of hydrogen-bond acceptors (Lipinski definition) is 5. The number of nitrogen functional groups attached to an aromatic ring is 1. The summed E-state index contributed by atoms with van der Waals surface area (Å²) in [5, 5.41) is 0.738. The van der Waals surface area contributed by atoms with E-state index in [1.807, 2.05) is 31.3 Å². The number of aryl methyl sites for hydroxylation is 1. The Morgan fingerprint density at radius 3 is 3.06 bits per heavy atom. The van der Waals surface area contributed by atoms with E-state index in [0.29, 0.717) is 18.9 Å². The Kier molecular flexibility index (Phi) is 4.44. The first kappa shape index (κ1) is 18.9. The Morgan fingerprint density at radius 2 is 2.23 bits per heavy atom. The molecule has 0 spiro atoms. The highest BCUT2D eigenvalue weighted by Crippen LogP contribution is 2.30. The molecule has 0 bridgehead atoms. The maximum Gasteiger partial charge on any atom is 0.246 e. The minimum atomic E-state index is -0.0578. The summed E-state index contributed by atoms with van der Waals surface area (Å²) in [5.41, 5.74) is 10.4. The zero-order valence-electron chi connectivity index (χ0n) is 17.1. The van der Waals surface area contributed by atoms with Crippen LogP contribution in [0.25, 0.3) is 22.1 Å². The highest BCUT2D eigenvalue weighted by molar-refractivity contribution is 5.92. The summed E-state index contributed by atoms with van der Waals surface area (Å²) < 4.78 is 2.06. The molecule has 1 amide bonds. The Morgan fingerprint density at radius 1 is 1.35 bits per heavy atom. The van der Waals surface area contributed by atoms with Gasteiger partial charge < -0.3 is 20.2 Å². The van der Waals surface area contributed by atoms with Crippen molar-refractivity contribution in [2.75, 3.05) is 18.8 Å². The normalized spacial score (nSPS) is 15.9. The summed E-state index contributed by atoms with van der Waals surface area (Å²) >= 11 is 0. The quantitative estimate of drug-likeness (QED) is 0.390. The van der Waals surface area contributed by atoms with Gasteiger partial charge in [-0.15, -0.1) is 0 Å². The minimum absolute atomic E-state index is 0.0578. The second kappa shape index (κ2) is 7.29. The van der Waals surface area contributed by atoms with Gasteiger partial charge in [-0.05, 0) is 37.6 Å². The lowest BCUT2D eigenvalue weighted by molar-refractivity contribution is -0.125. The molecular formula is C23H21N7O. The predicted octanol–water partition coefficient (Wildman–Crippen LogP) is 2.56. The molecule has 5 rings (SSSR count). The van der Waals surface area contributed by atoms with Crippen molar-refractivity contribution in [2.45, 2.75) is 19.4 Å². The molecule has 1 aliphatic heterocycles. The maximum atomic E-state index is 12.0. The number of benzene rings is 1. The van der Waals surface area contributed by atoms with Crippen LogP contribution in [-0.4, -0.2) is 48.4 Å². The second-order valence-electron chi connectivity index (χ2n) is 7.64. The minimum Gasteiger partial charge on any atom is -0.383 e. The van der Waals surface area contributed by atoms with Crippen molar-refractivity contribution in [3.05, 3.63) is 60.3 Å². The van der Waals surface area contributed by atoms with Crippen LogP contribution in [0.15, 0.2) is 43.4 Å². The van der Waals surface area contributed by atoms with Crippen LogP contribution in [0.3, 0.4) is 0 Å². The third-order valence-electron chi connectivity index (χ3n) is 5.62. The Bertz CT molecular complexity index is 1400. The first-order valence-electron chi connectivity index (χ1n) is 10.0. The maximum absolute atomic E-state index is 12.0. The molecule has 1 unspecified atom stereocenters. The fraction of sp³-hybridized carbons (Fsp3) is 0.217. The van der Waals surface area contributed by atoms with Crippen LogP contribution in [0, 0.1) is 18.8 Å². The van der Waals surface area contributed by atoms with Crippen molar-refractivity contribution < 1.29 is 4.79 Å². The molecule has 0 radical (unpaired) electrons. The van der Waals surface area contributed by atoms with Gasteiger partial charge in [0.25, 0.3) is 0 Å². The van der Waals surface area contributed by atoms with Crippen LogP contribution in [-0.2, 0) is 4.79 Å². The van der Waals surface area contributed by atoms with Gasteiger partial charge in [-0.1, -0.05) is 18.4 Å². The van der Waals surface area contributed by atoms with Gasteiger partial charge in [-0.2, -0.15) is 0 Å². The number of anilines is 1. The standard InChI is InChI=1S/C23H21N7O/c1-3-20(31)29-9-8-17(12-29)30-11-16(21-22(24)25-13-26-23(21)30)6-4-15-5-7-18-19(10-15)28-14(2)27-18/h3,5,7,10-11,13,17H,1,8-9,12H2,2H3,(H,27,28)(H2,24,25,26). The van der Waals surface area contributed by atoms with Crippen molar-refractivity contribution in [1.82, 2.24) is 29.4 Å². The summed E-state index contributed by atoms with van der Waals surface area (Å²) in [5.74, 6) is 7.67.